The third-order valence-corrected chi connectivity index (χ3v) is 2.73. The number of nitrogen functional groups attached to an aromatic ring is 1. The van der Waals surface area contributed by atoms with Crippen LogP contribution >= 0.6 is 0 Å². The number of nitrogens with one attached hydrogen (secondary N) is 1. The molecule has 1 aromatic heterocycles. The number of nitrogens with zero attached hydrogens (tertiary/aromatic N) is 1. The molecule has 0 saturated heterocycles. The van der Waals surface area contributed by atoms with E-state index in [9.17, 15) is 9.18 Å². The Hall–Kier alpha value is -2.37. The molecule has 0 fully saturated rings. The minimum absolute atomic E-state index is 0.0947. The maximum absolute atomic E-state index is 12.9. The van der Waals surface area contributed by atoms with Crippen molar-refractivity contribution in [2.75, 3.05) is 5.73 Å². The number of nitrogens with two attached hydrogens (primary N) is 1. The van der Waals surface area contributed by atoms with Gasteiger partial charge in [-0.15, -0.1) is 0 Å². The Morgan fingerprint density at radius 1 is 1.47 bits per heavy atom. The molecule has 0 spiro atoms. The number of anilines is 1. The molecule has 1 aromatic carbocycles. The molecule has 2 rings (SSSR count). The van der Waals surface area contributed by atoms with Gasteiger partial charge in [0.1, 0.15) is 11.6 Å². The fourth-order valence-corrected chi connectivity index (χ4v) is 1.61. The summed E-state index contributed by atoms with van der Waals surface area (Å²) >= 11 is 0. The fraction of sp³-hybridized carbons (Fsp3) is 0.231. The van der Waals surface area contributed by atoms with Gasteiger partial charge in [0.15, 0.2) is 0 Å². The summed E-state index contributed by atoms with van der Waals surface area (Å²) in [6, 6.07) is 3.63. The monoisotopic (exact) mass is 263 g/mol. The van der Waals surface area contributed by atoms with Crippen LogP contribution in [-0.4, -0.2) is 10.9 Å². The van der Waals surface area contributed by atoms with E-state index in [0.29, 0.717) is 11.7 Å². The Morgan fingerprint density at radius 3 is 2.79 bits per heavy atom. The lowest BCUT2D eigenvalue weighted by atomic mass is 10.1. The van der Waals surface area contributed by atoms with Gasteiger partial charge in [0.25, 0.3) is 5.91 Å². The highest BCUT2D eigenvalue weighted by Gasteiger charge is 2.12. The number of aryl methyl sites for hydroxylation is 2. The van der Waals surface area contributed by atoms with Crippen LogP contribution in [0.15, 0.2) is 22.6 Å². The van der Waals surface area contributed by atoms with E-state index in [1.54, 1.807) is 6.92 Å². The van der Waals surface area contributed by atoms with Crippen molar-refractivity contribution in [2.24, 2.45) is 0 Å². The highest BCUT2D eigenvalue weighted by atomic mass is 19.1. The molecule has 100 valence electrons. The molecule has 19 heavy (non-hydrogen) atoms. The molecule has 3 N–H and O–H groups in total. The van der Waals surface area contributed by atoms with Crippen molar-refractivity contribution >= 4 is 11.6 Å². The van der Waals surface area contributed by atoms with Crippen molar-refractivity contribution in [2.45, 2.75) is 20.4 Å². The van der Waals surface area contributed by atoms with Crippen molar-refractivity contribution in [1.82, 2.24) is 10.3 Å². The molecule has 1 heterocycles. The molecule has 1 amide bonds. The molecular weight excluding hydrogens is 249 g/mol. The third-order valence-electron chi connectivity index (χ3n) is 2.73. The van der Waals surface area contributed by atoms with E-state index in [-0.39, 0.29) is 17.8 Å². The second-order valence-corrected chi connectivity index (χ2v) is 4.16. The summed E-state index contributed by atoms with van der Waals surface area (Å²) in [5.74, 6) is 0.258. The molecule has 0 radical (unpaired) electrons. The summed E-state index contributed by atoms with van der Waals surface area (Å²) < 4.78 is 18.2. The minimum atomic E-state index is -0.479. The minimum Gasteiger partial charge on any atom is -0.444 e. The summed E-state index contributed by atoms with van der Waals surface area (Å²) in [5, 5.41) is 2.62. The lowest BCUT2D eigenvalue weighted by molar-refractivity contribution is 0.0948. The van der Waals surface area contributed by atoms with Crippen molar-refractivity contribution in [3.05, 3.63) is 46.9 Å². The van der Waals surface area contributed by atoms with Gasteiger partial charge in [-0.05, 0) is 32.0 Å². The van der Waals surface area contributed by atoms with Crippen LogP contribution in [0, 0.1) is 19.7 Å². The summed E-state index contributed by atoms with van der Waals surface area (Å²) in [6.45, 7) is 3.78. The van der Waals surface area contributed by atoms with E-state index in [1.807, 2.05) is 6.92 Å². The smallest absolute Gasteiger partial charge is 0.253 e. The third kappa shape index (κ3) is 2.90. The number of aromatic nitrogens is 1. The summed E-state index contributed by atoms with van der Waals surface area (Å²) in [7, 11) is 0. The number of amides is 1. The van der Waals surface area contributed by atoms with E-state index in [2.05, 4.69) is 10.3 Å². The zero-order chi connectivity index (χ0) is 14.0. The maximum atomic E-state index is 12.9. The Labute approximate surface area is 109 Å². The number of carbonyl (C=O) groups excluding carboxylic acids is 1. The topological polar surface area (TPSA) is 81.2 Å². The first-order chi connectivity index (χ1) is 8.97. The predicted molar refractivity (Wildman–Crippen MR) is 68.0 cm³/mol. The molecule has 0 aliphatic carbocycles. The standard InChI is InChI=1S/C13H14FN3O2/c1-7-8(2)19-12(17-7)6-16-13(18)10-4-3-9(14)5-11(10)15/h3-5H,6,15H2,1-2H3,(H,16,18). The quantitative estimate of drug-likeness (QED) is 0.829. The Balaban J connectivity index is 2.05. The number of oxazole rings is 1. The van der Waals surface area contributed by atoms with Gasteiger partial charge in [0, 0.05) is 5.69 Å². The number of halogens is 1. The van der Waals surface area contributed by atoms with Gasteiger partial charge in [0.05, 0.1) is 17.8 Å². The largest absolute Gasteiger partial charge is 0.444 e. The van der Waals surface area contributed by atoms with Gasteiger partial charge >= 0.3 is 0 Å². The molecule has 0 bridgehead atoms. The molecule has 0 saturated carbocycles. The first-order valence-electron chi connectivity index (χ1n) is 5.73. The van der Waals surface area contributed by atoms with Crippen LogP contribution in [0.4, 0.5) is 10.1 Å². The van der Waals surface area contributed by atoms with Crippen LogP contribution in [0.2, 0.25) is 0 Å². The molecule has 6 heteroatoms. The Kier molecular flexibility index (Phi) is 3.50. The van der Waals surface area contributed by atoms with Crippen LogP contribution in [0.25, 0.3) is 0 Å². The summed E-state index contributed by atoms with van der Waals surface area (Å²) in [5.41, 5.74) is 6.68. The van der Waals surface area contributed by atoms with Gasteiger partial charge in [0.2, 0.25) is 5.89 Å². The number of carbonyl (C=O) groups is 1. The average molecular weight is 263 g/mol. The summed E-state index contributed by atoms with van der Waals surface area (Å²) in [4.78, 5) is 16.0. The van der Waals surface area contributed by atoms with Crippen molar-refractivity contribution in [3.8, 4) is 0 Å². The predicted octanol–water partition coefficient (Wildman–Crippen LogP) is 1.94. The van der Waals surface area contributed by atoms with E-state index in [1.165, 1.54) is 12.1 Å². The van der Waals surface area contributed by atoms with Crippen molar-refractivity contribution < 1.29 is 13.6 Å². The Morgan fingerprint density at radius 2 is 2.21 bits per heavy atom. The first kappa shape index (κ1) is 13.1. The van der Waals surface area contributed by atoms with Crippen LogP contribution < -0.4 is 11.1 Å². The molecule has 0 unspecified atom stereocenters. The maximum Gasteiger partial charge on any atom is 0.253 e. The van der Waals surface area contributed by atoms with Crippen LogP contribution in [-0.2, 0) is 6.54 Å². The lowest BCUT2D eigenvalue weighted by Gasteiger charge is -2.05. The molecule has 0 atom stereocenters. The molecule has 2 aromatic rings. The van der Waals surface area contributed by atoms with Crippen LogP contribution in [0.5, 0.6) is 0 Å². The second-order valence-electron chi connectivity index (χ2n) is 4.16. The first-order valence-corrected chi connectivity index (χ1v) is 5.73. The highest BCUT2D eigenvalue weighted by Crippen LogP contribution is 2.13. The number of hydrogen-bond acceptors (Lipinski definition) is 4. The van der Waals surface area contributed by atoms with Crippen molar-refractivity contribution in [1.29, 1.82) is 0 Å². The Bertz CT molecular complexity index is 603. The van der Waals surface area contributed by atoms with Crippen LogP contribution in [0.3, 0.4) is 0 Å². The zero-order valence-electron chi connectivity index (χ0n) is 10.7. The van der Waals surface area contributed by atoms with Gasteiger partial charge in [-0.2, -0.15) is 0 Å². The number of hydrogen-bond donors (Lipinski definition) is 2. The lowest BCUT2D eigenvalue weighted by Crippen LogP contribution is -2.24. The second kappa shape index (κ2) is 5.09. The van der Waals surface area contributed by atoms with E-state index < -0.39 is 11.7 Å². The number of rotatable bonds is 3. The zero-order valence-corrected chi connectivity index (χ0v) is 10.7. The van der Waals surface area contributed by atoms with E-state index in [0.717, 1.165) is 11.8 Å². The highest BCUT2D eigenvalue weighted by molar-refractivity contribution is 5.98. The van der Waals surface area contributed by atoms with Gasteiger partial charge in [-0.25, -0.2) is 9.37 Å². The molecule has 5 nitrogen and oxygen atoms in total. The molecule has 0 aliphatic heterocycles. The van der Waals surface area contributed by atoms with Crippen molar-refractivity contribution in [3.63, 3.8) is 0 Å². The molecule has 0 aliphatic rings. The summed E-state index contributed by atoms with van der Waals surface area (Å²) in [6.07, 6.45) is 0. The van der Waals surface area contributed by atoms with Gasteiger partial charge in [-0.1, -0.05) is 0 Å². The number of benzene rings is 1. The van der Waals surface area contributed by atoms with E-state index in [4.69, 9.17) is 10.2 Å². The van der Waals surface area contributed by atoms with Crippen LogP contribution in [0.1, 0.15) is 27.7 Å². The van der Waals surface area contributed by atoms with E-state index >= 15 is 0 Å². The average Bonchev–Trinajstić information content (AvgIpc) is 2.66. The molecular formula is C13H14FN3O2. The van der Waals surface area contributed by atoms with Gasteiger partial charge < -0.3 is 15.5 Å². The SMILES string of the molecule is Cc1nc(CNC(=O)c2ccc(F)cc2N)oc1C. The fourth-order valence-electron chi connectivity index (χ4n) is 1.61. The van der Waals surface area contributed by atoms with Gasteiger partial charge in [-0.3, -0.25) is 4.79 Å². The normalized spacial score (nSPS) is 10.5.